The molecule has 106 valence electrons. The minimum absolute atomic E-state index is 0.260. The van der Waals surface area contributed by atoms with Crippen molar-refractivity contribution in [3.05, 3.63) is 35.9 Å². The predicted molar refractivity (Wildman–Crippen MR) is 66.9 cm³/mol. The van der Waals surface area contributed by atoms with Gasteiger partial charge >= 0.3 is 6.18 Å². The molecule has 1 N–H and O–H groups in total. The van der Waals surface area contributed by atoms with Crippen molar-refractivity contribution in [1.82, 2.24) is 4.90 Å². The lowest BCUT2D eigenvalue weighted by Crippen LogP contribution is -2.44. The van der Waals surface area contributed by atoms with E-state index in [4.69, 9.17) is 5.11 Å². The van der Waals surface area contributed by atoms with Gasteiger partial charge in [0.2, 0.25) is 0 Å². The van der Waals surface area contributed by atoms with E-state index in [9.17, 15) is 13.2 Å². The predicted octanol–water partition coefficient (Wildman–Crippen LogP) is 2.79. The van der Waals surface area contributed by atoms with Gasteiger partial charge < -0.3 is 5.11 Å². The number of aliphatic hydroxyl groups is 1. The number of nitrogens with zero attached hydrogens (tertiary/aromatic N) is 1. The summed E-state index contributed by atoms with van der Waals surface area (Å²) in [5, 5.41) is 9.13. The molecule has 2 nitrogen and oxygen atoms in total. The van der Waals surface area contributed by atoms with Gasteiger partial charge in [-0.3, -0.25) is 4.90 Å². The van der Waals surface area contributed by atoms with E-state index in [1.807, 2.05) is 30.3 Å². The molecule has 0 radical (unpaired) electrons. The molecule has 0 aromatic heterocycles. The van der Waals surface area contributed by atoms with Crippen molar-refractivity contribution in [2.75, 3.05) is 19.6 Å². The lowest BCUT2D eigenvalue weighted by Gasteiger charge is -2.34. The van der Waals surface area contributed by atoms with E-state index in [2.05, 4.69) is 0 Å². The fourth-order valence-electron chi connectivity index (χ4n) is 2.57. The molecule has 5 heteroatoms. The molecular formula is C14H18F3NO. The number of rotatable bonds is 3. The third-order valence-electron chi connectivity index (χ3n) is 3.59. The fourth-order valence-corrected chi connectivity index (χ4v) is 2.57. The molecule has 0 aliphatic carbocycles. The third kappa shape index (κ3) is 3.94. The molecule has 1 aromatic carbocycles. The van der Waals surface area contributed by atoms with Crippen molar-refractivity contribution >= 4 is 0 Å². The molecule has 1 heterocycles. The SMILES string of the molecule is O[C@@H](CN1CCC[C@H](c2ccccc2)C1)C(F)(F)F. The van der Waals surface area contributed by atoms with Crippen LogP contribution in [0.4, 0.5) is 13.2 Å². The summed E-state index contributed by atoms with van der Waals surface area (Å²) in [5.41, 5.74) is 1.16. The zero-order valence-corrected chi connectivity index (χ0v) is 10.6. The lowest BCUT2D eigenvalue weighted by atomic mass is 9.90. The van der Waals surface area contributed by atoms with Crippen molar-refractivity contribution in [3.63, 3.8) is 0 Å². The molecule has 1 aliphatic heterocycles. The van der Waals surface area contributed by atoms with Gasteiger partial charge in [0.25, 0.3) is 0 Å². The van der Waals surface area contributed by atoms with Crippen LogP contribution < -0.4 is 0 Å². The zero-order chi connectivity index (χ0) is 13.9. The number of β-amino-alcohol motifs (C(OH)–C–C–N with tert-alkyl or cyclic N) is 1. The van der Waals surface area contributed by atoms with Gasteiger partial charge in [0.15, 0.2) is 6.10 Å². The van der Waals surface area contributed by atoms with E-state index in [0.29, 0.717) is 13.1 Å². The summed E-state index contributed by atoms with van der Waals surface area (Å²) in [7, 11) is 0. The Morgan fingerprint density at radius 1 is 1.26 bits per heavy atom. The Bertz CT molecular complexity index is 393. The Labute approximate surface area is 110 Å². The topological polar surface area (TPSA) is 23.5 Å². The summed E-state index contributed by atoms with van der Waals surface area (Å²) in [6.07, 6.45) is -4.92. The van der Waals surface area contributed by atoms with Crippen LogP contribution in [0.3, 0.4) is 0 Å². The van der Waals surface area contributed by atoms with Crippen LogP contribution in [0.15, 0.2) is 30.3 Å². The maximum absolute atomic E-state index is 12.3. The maximum atomic E-state index is 12.3. The molecule has 1 aliphatic rings. The van der Waals surface area contributed by atoms with E-state index in [0.717, 1.165) is 18.4 Å². The number of piperidine rings is 1. The first-order chi connectivity index (χ1) is 8.97. The van der Waals surface area contributed by atoms with Crippen LogP contribution in [0.25, 0.3) is 0 Å². The van der Waals surface area contributed by atoms with Crippen molar-refractivity contribution < 1.29 is 18.3 Å². The van der Waals surface area contributed by atoms with Gasteiger partial charge in [-0.1, -0.05) is 30.3 Å². The molecule has 0 unspecified atom stereocenters. The zero-order valence-electron chi connectivity index (χ0n) is 10.6. The van der Waals surface area contributed by atoms with Crippen LogP contribution in [-0.2, 0) is 0 Å². The summed E-state index contributed by atoms with van der Waals surface area (Å²) < 4.78 is 37.0. The first-order valence-electron chi connectivity index (χ1n) is 6.49. The summed E-state index contributed by atoms with van der Waals surface area (Å²) in [6, 6.07) is 9.83. The molecule has 2 atom stereocenters. The van der Waals surface area contributed by atoms with Crippen LogP contribution >= 0.6 is 0 Å². The van der Waals surface area contributed by atoms with E-state index >= 15 is 0 Å². The van der Waals surface area contributed by atoms with Gasteiger partial charge in [-0.05, 0) is 30.9 Å². The Morgan fingerprint density at radius 2 is 1.95 bits per heavy atom. The number of aliphatic hydroxyl groups excluding tert-OH is 1. The second-order valence-corrected chi connectivity index (χ2v) is 5.07. The Morgan fingerprint density at radius 3 is 2.58 bits per heavy atom. The molecular weight excluding hydrogens is 255 g/mol. The van der Waals surface area contributed by atoms with Gasteiger partial charge in [0.05, 0.1) is 0 Å². The molecule has 1 saturated heterocycles. The highest BCUT2D eigenvalue weighted by molar-refractivity contribution is 5.20. The number of likely N-dealkylation sites (tertiary alicyclic amines) is 1. The average molecular weight is 273 g/mol. The monoisotopic (exact) mass is 273 g/mol. The smallest absolute Gasteiger partial charge is 0.382 e. The van der Waals surface area contributed by atoms with Gasteiger partial charge in [-0.2, -0.15) is 13.2 Å². The minimum atomic E-state index is -4.53. The number of hydrogen-bond donors (Lipinski definition) is 1. The Balaban J connectivity index is 1.94. The molecule has 19 heavy (non-hydrogen) atoms. The third-order valence-corrected chi connectivity index (χ3v) is 3.59. The average Bonchev–Trinajstić information content (AvgIpc) is 2.39. The van der Waals surface area contributed by atoms with Crippen LogP contribution in [0, 0.1) is 0 Å². The number of halogens is 3. The van der Waals surface area contributed by atoms with Gasteiger partial charge in [0, 0.05) is 13.1 Å². The first-order valence-corrected chi connectivity index (χ1v) is 6.49. The van der Waals surface area contributed by atoms with Crippen LogP contribution in [0.5, 0.6) is 0 Å². The molecule has 0 saturated carbocycles. The van der Waals surface area contributed by atoms with Crippen molar-refractivity contribution in [3.8, 4) is 0 Å². The number of alkyl halides is 3. The standard InChI is InChI=1S/C14H18F3NO/c15-14(16,17)13(19)10-18-8-4-7-12(9-18)11-5-2-1-3-6-11/h1-3,5-6,12-13,19H,4,7-10H2/t12-,13-/m0/s1. The molecule has 1 aromatic rings. The quantitative estimate of drug-likeness (QED) is 0.915. The molecule has 0 spiro atoms. The van der Waals surface area contributed by atoms with Gasteiger partial charge in [0.1, 0.15) is 0 Å². The highest BCUT2D eigenvalue weighted by Crippen LogP contribution is 2.28. The lowest BCUT2D eigenvalue weighted by molar-refractivity contribution is -0.208. The number of benzene rings is 1. The first kappa shape index (κ1) is 14.3. The van der Waals surface area contributed by atoms with E-state index in [-0.39, 0.29) is 12.5 Å². The van der Waals surface area contributed by atoms with Crippen molar-refractivity contribution in [1.29, 1.82) is 0 Å². The highest BCUT2D eigenvalue weighted by Gasteiger charge is 2.39. The summed E-state index contributed by atoms with van der Waals surface area (Å²) in [6.45, 7) is 0.875. The molecule has 2 rings (SSSR count). The van der Waals surface area contributed by atoms with E-state index in [1.54, 1.807) is 4.90 Å². The molecule has 0 bridgehead atoms. The second-order valence-electron chi connectivity index (χ2n) is 5.07. The van der Waals surface area contributed by atoms with Gasteiger partial charge in [-0.15, -0.1) is 0 Å². The largest absolute Gasteiger partial charge is 0.415 e. The highest BCUT2D eigenvalue weighted by atomic mass is 19.4. The summed E-state index contributed by atoms with van der Waals surface area (Å²) in [4.78, 5) is 1.71. The normalized spacial score (nSPS) is 23.3. The summed E-state index contributed by atoms with van der Waals surface area (Å²) >= 11 is 0. The second kappa shape index (κ2) is 5.92. The fraction of sp³-hybridized carbons (Fsp3) is 0.571. The van der Waals surface area contributed by atoms with Crippen molar-refractivity contribution in [2.24, 2.45) is 0 Å². The van der Waals surface area contributed by atoms with E-state index in [1.165, 1.54) is 0 Å². The summed E-state index contributed by atoms with van der Waals surface area (Å²) in [5.74, 6) is 0.260. The van der Waals surface area contributed by atoms with Gasteiger partial charge in [-0.25, -0.2) is 0 Å². The maximum Gasteiger partial charge on any atom is 0.415 e. The van der Waals surface area contributed by atoms with Crippen LogP contribution in [-0.4, -0.2) is 41.9 Å². The molecule has 1 fully saturated rings. The van der Waals surface area contributed by atoms with Crippen LogP contribution in [0.1, 0.15) is 24.3 Å². The van der Waals surface area contributed by atoms with E-state index < -0.39 is 12.3 Å². The minimum Gasteiger partial charge on any atom is -0.382 e. The molecule has 0 amide bonds. The van der Waals surface area contributed by atoms with Crippen molar-refractivity contribution in [2.45, 2.75) is 31.0 Å². The number of hydrogen-bond acceptors (Lipinski definition) is 2. The Hall–Kier alpha value is -1.07. The Kier molecular flexibility index (Phi) is 4.47. The van der Waals surface area contributed by atoms with Crippen LogP contribution in [0.2, 0.25) is 0 Å².